The molecule has 1 atom stereocenters. The topological polar surface area (TPSA) is 109 Å². The normalized spacial score (nSPS) is 15.5. The summed E-state index contributed by atoms with van der Waals surface area (Å²) in [7, 11) is 0. The number of nitrogens with zero attached hydrogens (tertiary/aromatic N) is 1. The third kappa shape index (κ3) is 9.97. The van der Waals surface area contributed by atoms with Crippen molar-refractivity contribution < 1.29 is 28.9 Å². The van der Waals surface area contributed by atoms with E-state index in [0.717, 1.165) is 5.75 Å². The minimum Gasteiger partial charge on any atom is -0.489 e. The van der Waals surface area contributed by atoms with E-state index in [-0.39, 0.29) is 32.0 Å². The molecule has 2 rings (SSSR count). The summed E-state index contributed by atoms with van der Waals surface area (Å²) in [6.45, 7) is 6.09. The number of carbonyl (C=O) groups excluding carboxylic acids is 1. The predicted molar refractivity (Wildman–Crippen MR) is 115 cm³/mol. The van der Waals surface area contributed by atoms with Crippen LogP contribution in [0.5, 0.6) is 5.75 Å². The Hall–Kier alpha value is -2.39. The van der Waals surface area contributed by atoms with Crippen LogP contribution in [0.3, 0.4) is 0 Å². The molecule has 0 aromatic heterocycles. The minimum absolute atomic E-state index is 0.0771. The first-order chi connectivity index (χ1) is 14.7. The van der Waals surface area contributed by atoms with Gasteiger partial charge in [-0.05, 0) is 51.2 Å². The average Bonchev–Trinajstić information content (AvgIpc) is 3.24. The summed E-state index contributed by atoms with van der Waals surface area (Å²) in [5.41, 5.74) is 1.06. The van der Waals surface area contributed by atoms with Crippen LogP contribution in [-0.4, -0.2) is 55.7 Å². The lowest BCUT2D eigenvalue weighted by atomic mass is 9.97. The largest absolute Gasteiger partial charge is 0.489 e. The van der Waals surface area contributed by atoms with Crippen LogP contribution < -0.4 is 10.1 Å². The fraction of sp³-hybridized carbons (Fsp3) is 0.682. The third-order valence-electron chi connectivity index (χ3n) is 4.94. The highest BCUT2D eigenvalue weighted by Gasteiger charge is 2.23. The molecule has 1 saturated carbocycles. The van der Waals surface area contributed by atoms with E-state index in [4.69, 9.17) is 14.2 Å². The zero-order valence-electron chi connectivity index (χ0n) is 18.6. The van der Waals surface area contributed by atoms with Gasteiger partial charge < -0.3 is 24.4 Å². The van der Waals surface area contributed by atoms with E-state index in [1.807, 2.05) is 39.0 Å². The van der Waals surface area contributed by atoms with Gasteiger partial charge >= 0.3 is 5.97 Å². The molecule has 1 aliphatic carbocycles. The van der Waals surface area contributed by atoms with Crippen LogP contribution in [0.15, 0.2) is 24.3 Å². The van der Waals surface area contributed by atoms with Crippen molar-refractivity contribution in [2.24, 2.45) is 0 Å². The summed E-state index contributed by atoms with van der Waals surface area (Å²) in [6, 6.07) is 8.05. The third-order valence-corrected chi connectivity index (χ3v) is 4.94. The van der Waals surface area contributed by atoms with Gasteiger partial charge in [-0.15, -0.1) is 10.1 Å². The van der Waals surface area contributed by atoms with Crippen LogP contribution in [0.4, 0.5) is 0 Å². The highest BCUT2D eigenvalue weighted by Crippen LogP contribution is 2.38. The van der Waals surface area contributed by atoms with E-state index in [1.54, 1.807) is 0 Å². The Kier molecular flexibility index (Phi) is 10.00. The standard InChI is InChI=1S/C22H34N2O7/c1-22(2,3)23-14-18(31-21(25)16-28-12-13-30-24(26)27)15-29-20-11-7-6-10-19(20)17-8-4-5-9-17/h6-7,10-11,17-18,23H,4-5,8-9,12-16H2,1-3H3/t18-/m0/s1. The van der Waals surface area contributed by atoms with Crippen LogP contribution in [0.1, 0.15) is 57.9 Å². The van der Waals surface area contributed by atoms with Crippen LogP contribution in [0.25, 0.3) is 0 Å². The highest BCUT2D eigenvalue weighted by molar-refractivity contribution is 5.70. The molecular formula is C22H34N2O7. The van der Waals surface area contributed by atoms with Crippen molar-refractivity contribution in [2.45, 2.75) is 64.0 Å². The number of para-hydroxylation sites is 1. The van der Waals surface area contributed by atoms with Gasteiger partial charge in [0.15, 0.2) is 0 Å². The summed E-state index contributed by atoms with van der Waals surface area (Å²) in [6.07, 6.45) is 4.30. The average molecular weight is 439 g/mol. The zero-order chi connectivity index (χ0) is 22.7. The summed E-state index contributed by atoms with van der Waals surface area (Å²) in [4.78, 5) is 26.4. The van der Waals surface area contributed by atoms with Crippen molar-refractivity contribution in [1.29, 1.82) is 0 Å². The fourth-order valence-electron chi connectivity index (χ4n) is 3.47. The molecule has 9 nitrogen and oxygen atoms in total. The Balaban J connectivity index is 1.89. The van der Waals surface area contributed by atoms with Crippen molar-refractivity contribution in [3.63, 3.8) is 0 Å². The summed E-state index contributed by atoms with van der Waals surface area (Å²) in [5.74, 6) is 0.786. The number of hydrogen-bond acceptors (Lipinski definition) is 8. The van der Waals surface area contributed by atoms with Crippen molar-refractivity contribution >= 4 is 5.97 Å². The SMILES string of the molecule is CC(C)(C)NC[C@@H](COc1ccccc1C1CCCC1)OC(=O)COCCO[N+](=O)[O-]. The van der Waals surface area contributed by atoms with Gasteiger partial charge in [0.05, 0.1) is 6.61 Å². The molecule has 9 heteroatoms. The molecule has 0 spiro atoms. The minimum atomic E-state index is -0.906. The predicted octanol–water partition coefficient (Wildman–Crippen LogP) is 3.25. The first kappa shape index (κ1) is 24.9. The van der Waals surface area contributed by atoms with Gasteiger partial charge in [0, 0.05) is 12.1 Å². The van der Waals surface area contributed by atoms with E-state index in [1.165, 1.54) is 31.2 Å². The van der Waals surface area contributed by atoms with Crippen LogP contribution in [0, 0.1) is 10.1 Å². The van der Waals surface area contributed by atoms with Gasteiger partial charge in [-0.25, -0.2) is 4.79 Å². The molecule has 1 aromatic rings. The van der Waals surface area contributed by atoms with E-state index in [9.17, 15) is 14.9 Å². The van der Waals surface area contributed by atoms with Crippen molar-refractivity contribution in [1.82, 2.24) is 5.32 Å². The van der Waals surface area contributed by atoms with Crippen molar-refractivity contribution in [2.75, 3.05) is 33.0 Å². The Bertz CT molecular complexity index is 699. The number of hydrogen-bond donors (Lipinski definition) is 1. The molecule has 31 heavy (non-hydrogen) atoms. The first-order valence-corrected chi connectivity index (χ1v) is 10.8. The molecule has 0 saturated heterocycles. The smallest absolute Gasteiger partial charge is 0.332 e. The summed E-state index contributed by atoms with van der Waals surface area (Å²) >= 11 is 0. The monoisotopic (exact) mass is 438 g/mol. The number of nitrogens with one attached hydrogen (secondary N) is 1. The number of benzene rings is 1. The van der Waals surface area contributed by atoms with Gasteiger partial charge in [-0.1, -0.05) is 31.0 Å². The molecule has 1 aliphatic rings. The fourth-order valence-corrected chi connectivity index (χ4v) is 3.47. The number of esters is 1. The van der Waals surface area contributed by atoms with Crippen molar-refractivity contribution in [3.8, 4) is 5.75 Å². The molecule has 0 bridgehead atoms. The van der Waals surface area contributed by atoms with Crippen LogP contribution in [-0.2, 0) is 19.1 Å². The molecule has 0 aliphatic heterocycles. The Labute approximate surface area is 183 Å². The van der Waals surface area contributed by atoms with E-state index in [2.05, 4.69) is 16.2 Å². The Morgan fingerprint density at radius 3 is 2.61 bits per heavy atom. The molecule has 0 radical (unpaired) electrons. The number of carbonyl (C=O) groups is 1. The van der Waals surface area contributed by atoms with Gasteiger partial charge in [-0.2, -0.15) is 0 Å². The molecule has 1 fully saturated rings. The van der Waals surface area contributed by atoms with E-state index < -0.39 is 17.2 Å². The van der Waals surface area contributed by atoms with Gasteiger partial charge in [0.2, 0.25) is 0 Å². The Morgan fingerprint density at radius 2 is 1.94 bits per heavy atom. The molecule has 0 heterocycles. The van der Waals surface area contributed by atoms with Crippen LogP contribution in [0.2, 0.25) is 0 Å². The molecule has 1 N–H and O–H groups in total. The lowest BCUT2D eigenvalue weighted by molar-refractivity contribution is -0.758. The molecule has 0 amide bonds. The van der Waals surface area contributed by atoms with Gasteiger partial charge in [0.1, 0.15) is 31.7 Å². The second kappa shape index (κ2) is 12.5. The molecule has 174 valence electrons. The summed E-state index contributed by atoms with van der Waals surface area (Å²) < 4.78 is 16.7. The van der Waals surface area contributed by atoms with Crippen LogP contribution >= 0.6 is 0 Å². The van der Waals surface area contributed by atoms with Gasteiger partial charge in [-0.3, -0.25) is 0 Å². The lowest BCUT2D eigenvalue weighted by Crippen LogP contribution is -2.44. The quantitative estimate of drug-likeness (QED) is 0.216. The molecule has 1 aromatic carbocycles. The maximum atomic E-state index is 12.2. The second-order valence-corrected chi connectivity index (χ2v) is 8.68. The maximum Gasteiger partial charge on any atom is 0.332 e. The highest BCUT2D eigenvalue weighted by atomic mass is 17.0. The zero-order valence-corrected chi connectivity index (χ0v) is 18.6. The van der Waals surface area contributed by atoms with E-state index in [0.29, 0.717) is 12.5 Å². The molecule has 0 unspecified atom stereocenters. The maximum absolute atomic E-state index is 12.2. The molecular weight excluding hydrogens is 404 g/mol. The lowest BCUT2D eigenvalue weighted by Gasteiger charge is -2.26. The van der Waals surface area contributed by atoms with Crippen molar-refractivity contribution in [3.05, 3.63) is 39.9 Å². The second-order valence-electron chi connectivity index (χ2n) is 8.68. The Morgan fingerprint density at radius 1 is 1.23 bits per heavy atom. The summed E-state index contributed by atoms with van der Waals surface area (Å²) in [5, 5.41) is 12.5. The number of ether oxygens (including phenoxy) is 3. The van der Waals surface area contributed by atoms with E-state index >= 15 is 0 Å². The number of rotatable bonds is 13. The van der Waals surface area contributed by atoms with Gasteiger partial charge in [0.25, 0.3) is 5.09 Å². The first-order valence-electron chi connectivity index (χ1n) is 10.8.